The molecule has 5 heteroatoms. The zero-order chi connectivity index (χ0) is 14.6. The Balaban J connectivity index is 2.01. The summed E-state index contributed by atoms with van der Waals surface area (Å²) in [6.45, 7) is 3.85. The molecule has 5 nitrogen and oxygen atoms in total. The number of nitrogens with two attached hydrogens (primary N) is 1. The molecule has 0 bridgehead atoms. The molecule has 112 valence electrons. The highest BCUT2D eigenvalue weighted by Crippen LogP contribution is 2.13. The lowest BCUT2D eigenvalue weighted by molar-refractivity contribution is -0.145. The summed E-state index contributed by atoms with van der Waals surface area (Å²) >= 11 is 0. The number of ether oxygens (including phenoxy) is 3. The van der Waals surface area contributed by atoms with Crippen LogP contribution < -0.4 is 10.5 Å². The lowest BCUT2D eigenvalue weighted by Gasteiger charge is -2.07. The van der Waals surface area contributed by atoms with Crippen molar-refractivity contribution in [3.63, 3.8) is 0 Å². The summed E-state index contributed by atoms with van der Waals surface area (Å²) in [5.74, 6) is 0.412. The van der Waals surface area contributed by atoms with Crippen LogP contribution in [0.3, 0.4) is 0 Å². The molecule has 20 heavy (non-hydrogen) atoms. The fourth-order valence-corrected chi connectivity index (χ4v) is 1.45. The first-order valence-electron chi connectivity index (χ1n) is 6.94. The van der Waals surface area contributed by atoms with Crippen LogP contribution in [0.15, 0.2) is 24.3 Å². The summed E-state index contributed by atoms with van der Waals surface area (Å²) in [5, 5.41) is 0. The van der Waals surface area contributed by atoms with Crippen molar-refractivity contribution in [2.24, 2.45) is 0 Å². The third-order valence-electron chi connectivity index (χ3n) is 2.59. The van der Waals surface area contributed by atoms with Crippen LogP contribution in [0.4, 0.5) is 5.69 Å². The predicted molar refractivity (Wildman–Crippen MR) is 77.7 cm³/mol. The number of unbranched alkanes of at least 4 members (excludes halogenated alkanes) is 1. The Bertz CT molecular complexity index is 378. The van der Waals surface area contributed by atoms with Crippen LogP contribution in [0.1, 0.15) is 26.2 Å². The quantitative estimate of drug-likeness (QED) is 0.405. The topological polar surface area (TPSA) is 70.8 Å². The molecule has 0 saturated carbocycles. The van der Waals surface area contributed by atoms with Crippen molar-refractivity contribution < 1.29 is 19.0 Å². The molecule has 0 amide bonds. The standard InChI is InChI=1S/C15H23NO4/c1-2-3-9-18-11-12-20-15(17)8-10-19-14-6-4-13(16)5-7-14/h4-7H,2-3,8-12,16H2,1H3. The number of nitrogen functional groups attached to an aromatic ring is 1. The van der Waals surface area contributed by atoms with E-state index in [0.717, 1.165) is 12.8 Å². The third-order valence-corrected chi connectivity index (χ3v) is 2.59. The number of anilines is 1. The number of hydrogen-bond acceptors (Lipinski definition) is 5. The zero-order valence-corrected chi connectivity index (χ0v) is 12.0. The van der Waals surface area contributed by atoms with Gasteiger partial charge in [0.15, 0.2) is 0 Å². The van der Waals surface area contributed by atoms with E-state index in [2.05, 4.69) is 6.92 Å². The molecule has 0 aliphatic carbocycles. The molecule has 0 fully saturated rings. The molecule has 0 atom stereocenters. The van der Waals surface area contributed by atoms with Gasteiger partial charge in [-0.2, -0.15) is 0 Å². The molecule has 0 radical (unpaired) electrons. The van der Waals surface area contributed by atoms with Gasteiger partial charge in [0.25, 0.3) is 0 Å². The van der Waals surface area contributed by atoms with Gasteiger partial charge >= 0.3 is 5.97 Å². The molecular formula is C15H23NO4. The largest absolute Gasteiger partial charge is 0.493 e. The first kappa shape index (κ1) is 16.3. The molecule has 1 aromatic carbocycles. The molecule has 1 rings (SSSR count). The van der Waals surface area contributed by atoms with Gasteiger partial charge in [-0.15, -0.1) is 0 Å². The minimum Gasteiger partial charge on any atom is -0.493 e. The van der Waals surface area contributed by atoms with Crippen molar-refractivity contribution in [1.82, 2.24) is 0 Å². The lowest BCUT2D eigenvalue weighted by atomic mass is 10.3. The summed E-state index contributed by atoms with van der Waals surface area (Å²) in [5.41, 5.74) is 6.24. The Labute approximate surface area is 120 Å². The van der Waals surface area contributed by atoms with Crippen molar-refractivity contribution in [2.45, 2.75) is 26.2 Å². The molecular weight excluding hydrogens is 258 g/mol. The van der Waals surface area contributed by atoms with E-state index in [1.54, 1.807) is 24.3 Å². The smallest absolute Gasteiger partial charge is 0.309 e. The molecule has 0 saturated heterocycles. The summed E-state index contributed by atoms with van der Waals surface area (Å²) in [6.07, 6.45) is 2.35. The molecule has 0 aliphatic heterocycles. The van der Waals surface area contributed by atoms with Crippen molar-refractivity contribution in [3.05, 3.63) is 24.3 Å². The fraction of sp³-hybridized carbons (Fsp3) is 0.533. The van der Waals surface area contributed by atoms with Crippen LogP contribution in [0.2, 0.25) is 0 Å². The maximum Gasteiger partial charge on any atom is 0.309 e. The van der Waals surface area contributed by atoms with Crippen LogP contribution in [-0.4, -0.2) is 32.4 Å². The van der Waals surface area contributed by atoms with Crippen LogP contribution >= 0.6 is 0 Å². The zero-order valence-electron chi connectivity index (χ0n) is 12.0. The van der Waals surface area contributed by atoms with Crippen LogP contribution in [0, 0.1) is 0 Å². The Morgan fingerprint density at radius 2 is 1.85 bits per heavy atom. The molecule has 0 aliphatic rings. The third kappa shape index (κ3) is 7.63. The number of esters is 1. The molecule has 0 unspecified atom stereocenters. The monoisotopic (exact) mass is 281 g/mol. The van der Waals surface area contributed by atoms with E-state index in [4.69, 9.17) is 19.9 Å². The van der Waals surface area contributed by atoms with E-state index in [0.29, 0.717) is 37.9 Å². The molecule has 0 heterocycles. The summed E-state index contributed by atoms with van der Waals surface area (Å²) < 4.78 is 15.7. The average Bonchev–Trinajstić information content (AvgIpc) is 2.45. The molecule has 2 N–H and O–H groups in total. The van der Waals surface area contributed by atoms with Gasteiger partial charge in [0.1, 0.15) is 12.4 Å². The van der Waals surface area contributed by atoms with E-state index in [9.17, 15) is 4.79 Å². The SMILES string of the molecule is CCCCOCCOC(=O)CCOc1ccc(N)cc1. The van der Waals surface area contributed by atoms with Crippen LogP contribution in [0.25, 0.3) is 0 Å². The minimum atomic E-state index is -0.278. The van der Waals surface area contributed by atoms with Gasteiger partial charge in [0, 0.05) is 12.3 Å². The number of carbonyl (C=O) groups is 1. The first-order chi connectivity index (χ1) is 9.72. The summed E-state index contributed by atoms with van der Waals surface area (Å²) in [6, 6.07) is 7.03. The van der Waals surface area contributed by atoms with Crippen molar-refractivity contribution >= 4 is 11.7 Å². The minimum absolute atomic E-state index is 0.222. The van der Waals surface area contributed by atoms with Gasteiger partial charge in [-0.05, 0) is 30.7 Å². The normalized spacial score (nSPS) is 10.2. The number of hydrogen-bond donors (Lipinski definition) is 1. The van der Waals surface area contributed by atoms with Crippen molar-refractivity contribution in [2.75, 3.05) is 32.2 Å². The number of benzene rings is 1. The van der Waals surface area contributed by atoms with Gasteiger partial charge in [0.05, 0.1) is 19.6 Å². The predicted octanol–water partition coefficient (Wildman–Crippen LogP) is 2.40. The first-order valence-corrected chi connectivity index (χ1v) is 6.94. The van der Waals surface area contributed by atoms with Crippen LogP contribution in [-0.2, 0) is 14.3 Å². The fourth-order valence-electron chi connectivity index (χ4n) is 1.45. The second-order valence-electron chi connectivity index (χ2n) is 4.35. The Kier molecular flexibility index (Phi) is 8.22. The van der Waals surface area contributed by atoms with Crippen LogP contribution in [0.5, 0.6) is 5.75 Å². The van der Waals surface area contributed by atoms with Crippen molar-refractivity contribution in [3.8, 4) is 5.75 Å². The Morgan fingerprint density at radius 1 is 1.10 bits per heavy atom. The second-order valence-corrected chi connectivity index (χ2v) is 4.35. The number of rotatable bonds is 10. The second kappa shape index (κ2) is 10.1. The molecule has 1 aromatic rings. The highest BCUT2D eigenvalue weighted by molar-refractivity contribution is 5.69. The van der Waals surface area contributed by atoms with Gasteiger partial charge < -0.3 is 19.9 Å². The van der Waals surface area contributed by atoms with E-state index in [1.807, 2.05) is 0 Å². The van der Waals surface area contributed by atoms with E-state index in [1.165, 1.54) is 0 Å². The summed E-state index contributed by atoms with van der Waals surface area (Å²) in [7, 11) is 0. The van der Waals surface area contributed by atoms with E-state index >= 15 is 0 Å². The van der Waals surface area contributed by atoms with Gasteiger partial charge in [-0.25, -0.2) is 0 Å². The lowest BCUT2D eigenvalue weighted by Crippen LogP contribution is -2.13. The maximum absolute atomic E-state index is 11.4. The van der Waals surface area contributed by atoms with Gasteiger partial charge in [-0.3, -0.25) is 4.79 Å². The van der Waals surface area contributed by atoms with Crippen molar-refractivity contribution in [1.29, 1.82) is 0 Å². The van der Waals surface area contributed by atoms with Gasteiger partial charge in [-0.1, -0.05) is 13.3 Å². The Morgan fingerprint density at radius 3 is 2.55 bits per heavy atom. The maximum atomic E-state index is 11.4. The Hall–Kier alpha value is -1.75. The molecule has 0 aromatic heterocycles. The highest BCUT2D eigenvalue weighted by atomic mass is 16.6. The van der Waals surface area contributed by atoms with E-state index < -0.39 is 0 Å². The van der Waals surface area contributed by atoms with Gasteiger partial charge in [0.2, 0.25) is 0 Å². The average molecular weight is 281 g/mol. The number of carbonyl (C=O) groups excluding carboxylic acids is 1. The highest BCUT2D eigenvalue weighted by Gasteiger charge is 2.03. The summed E-state index contributed by atoms with van der Waals surface area (Å²) in [4.78, 5) is 11.4. The van der Waals surface area contributed by atoms with E-state index in [-0.39, 0.29) is 12.4 Å². The molecule has 0 spiro atoms.